The Morgan fingerprint density at radius 3 is 2.10 bits per heavy atom. The molecule has 0 heterocycles. The summed E-state index contributed by atoms with van der Waals surface area (Å²) in [5, 5.41) is 11.6. The van der Waals surface area contributed by atoms with Gasteiger partial charge in [0, 0.05) is 19.4 Å². The second kappa shape index (κ2) is 11.1. The number of ether oxygens (including phenoxy) is 2. The van der Waals surface area contributed by atoms with Gasteiger partial charge in [0.25, 0.3) is 10.0 Å². The van der Waals surface area contributed by atoms with Gasteiger partial charge in [-0.05, 0) is 41.5 Å². The minimum Gasteiger partial charge on any atom is -0.545 e. The normalized spacial score (nSPS) is 11.1. The van der Waals surface area contributed by atoms with Crippen LogP contribution in [0.25, 0.3) is 11.6 Å². The zero-order valence-electron chi connectivity index (χ0n) is 17.3. The Bertz CT molecular complexity index is 1120. The van der Waals surface area contributed by atoms with E-state index in [1.807, 2.05) is 4.72 Å². The van der Waals surface area contributed by atoms with E-state index in [1.54, 1.807) is 0 Å². The molecule has 0 aliphatic carbocycles. The Morgan fingerprint density at radius 1 is 1.00 bits per heavy atom. The fourth-order valence-electron chi connectivity index (χ4n) is 2.50. The van der Waals surface area contributed by atoms with Gasteiger partial charge >= 0.3 is 35.5 Å². The van der Waals surface area contributed by atoms with Crippen molar-refractivity contribution in [2.75, 3.05) is 7.11 Å². The molecule has 2 aromatic rings. The number of carbonyl (C=O) groups is 3. The van der Waals surface area contributed by atoms with E-state index in [1.165, 1.54) is 62.6 Å². The molecule has 0 radical (unpaired) electrons. The van der Waals surface area contributed by atoms with Gasteiger partial charge in [0.15, 0.2) is 11.5 Å². The molecule has 158 valence electrons. The third-order valence-corrected chi connectivity index (χ3v) is 5.17. The largest absolute Gasteiger partial charge is 1.00 e. The monoisotopic (exact) mass is 455 g/mol. The number of sulfonamides is 1. The molecule has 0 aromatic heterocycles. The van der Waals surface area contributed by atoms with Crippen LogP contribution in [0.1, 0.15) is 25.0 Å². The topological polar surface area (TPSA) is 139 Å². The van der Waals surface area contributed by atoms with Gasteiger partial charge in [-0.1, -0.05) is 18.2 Å². The van der Waals surface area contributed by atoms with Gasteiger partial charge in [0.1, 0.15) is 0 Å². The van der Waals surface area contributed by atoms with Crippen LogP contribution < -0.4 is 48.9 Å². The molecule has 9 nitrogen and oxygen atoms in total. The number of aliphatic carboxylic acids is 1. The summed E-state index contributed by atoms with van der Waals surface area (Å²) in [6, 6.07) is 9.32. The zero-order valence-corrected chi connectivity index (χ0v) is 20.1. The maximum atomic E-state index is 12.0. The van der Waals surface area contributed by atoms with E-state index in [2.05, 4.69) is 0 Å². The summed E-state index contributed by atoms with van der Waals surface area (Å²) in [6.45, 7) is 2.29. The van der Waals surface area contributed by atoms with Crippen molar-refractivity contribution >= 4 is 39.5 Å². The van der Waals surface area contributed by atoms with Crippen LogP contribution in [0.2, 0.25) is 0 Å². The summed E-state index contributed by atoms with van der Waals surface area (Å²) < 4.78 is 36.0. The fraction of sp³-hybridized carbons (Fsp3) is 0.150. The van der Waals surface area contributed by atoms with Crippen molar-refractivity contribution in [2.24, 2.45) is 0 Å². The Labute approximate surface area is 201 Å². The summed E-state index contributed by atoms with van der Waals surface area (Å²) in [5.41, 5.74) is 0.373. The SMILES string of the molecule is COc1cc(/C=C(/C(=O)[O-])c2ccc(S(=O)(=O)NC(C)=O)cc2)ccc1OC(C)=O.[Na+]. The van der Waals surface area contributed by atoms with E-state index in [9.17, 15) is 27.9 Å². The van der Waals surface area contributed by atoms with Crippen molar-refractivity contribution in [3.8, 4) is 11.5 Å². The minimum atomic E-state index is -4.04. The Hall–Kier alpha value is -2.66. The van der Waals surface area contributed by atoms with Crippen LogP contribution in [-0.4, -0.2) is 33.4 Å². The molecular weight excluding hydrogens is 437 g/mol. The van der Waals surface area contributed by atoms with Crippen molar-refractivity contribution in [3.05, 3.63) is 53.6 Å². The summed E-state index contributed by atoms with van der Waals surface area (Å²) >= 11 is 0. The standard InChI is InChI=1S/C20H19NO8S.Na/c1-12(22)21-30(26,27)16-7-5-15(6-8-16)17(20(24)25)10-14-4-9-18(29-13(2)23)19(11-14)28-3;/h4-11H,1-3H3,(H,21,22)(H,24,25);/q;+1/p-1/b17-10+;. The number of carbonyl (C=O) groups excluding carboxylic acids is 3. The second-order valence-corrected chi connectivity index (χ2v) is 7.72. The van der Waals surface area contributed by atoms with Gasteiger partial charge in [0.2, 0.25) is 5.91 Å². The molecule has 0 saturated heterocycles. The van der Waals surface area contributed by atoms with Gasteiger partial charge < -0.3 is 19.4 Å². The van der Waals surface area contributed by atoms with Gasteiger partial charge in [-0.3, -0.25) is 9.59 Å². The number of amides is 1. The van der Waals surface area contributed by atoms with Gasteiger partial charge in [-0.2, -0.15) is 0 Å². The molecule has 0 saturated carbocycles. The Kier molecular flexibility index (Phi) is 9.44. The van der Waals surface area contributed by atoms with E-state index in [4.69, 9.17) is 9.47 Å². The van der Waals surface area contributed by atoms with E-state index in [-0.39, 0.29) is 57.1 Å². The minimum absolute atomic E-state index is 0. The molecule has 0 fully saturated rings. The quantitative estimate of drug-likeness (QED) is 0.162. The van der Waals surface area contributed by atoms with Crippen LogP contribution in [0.4, 0.5) is 0 Å². The van der Waals surface area contributed by atoms with E-state index in [0.717, 1.165) is 6.92 Å². The number of hydrogen-bond acceptors (Lipinski definition) is 8. The summed E-state index contributed by atoms with van der Waals surface area (Å²) in [7, 11) is -2.68. The number of benzene rings is 2. The average molecular weight is 455 g/mol. The first-order valence-electron chi connectivity index (χ1n) is 8.47. The molecule has 0 unspecified atom stereocenters. The first-order chi connectivity index (χ1) is 14.0. The van der Waals surface area contributed by atoms with Crippen LogP contribution in [0, 0.1) is 0 Å². The first kappa shape index (κ1) is 26.4. The van der Waals surface area contributed by atoms with Crippen LogP contribution >= 0.6 is 0 Å². The number of esters is 1. The summed E-state index contributed by atoms with van der Waals surface area (Å²) in [6.07, 6.45) is 1.30. The van der Waals surface area contributed by atoms with E-state index >= 15 is 0 Å². The van der Waals surface area contributed by atoms with Gasteiger partial charge in [-0.15, -0.1) is 0 Å². The van der Waals surface area contributed by atoms with Gasteiger partial charge in [-0.25, -0.2) is 13.1 Å². The number of nitrogens with one attached hydrogen (secondary N) is 1. The summed E-state index contributed by atoms with van der Waals surface area (Å²) in [5.74, 6) is -2.39. The molecule has 1 N–H and O–H groups in total. The molecule has 0 aliphatic heterocycles. The molecule has 2 aromatic carbocycles. The molecule has 1 amide bonds. The van der Waals surface area contributed by atoms with Crippen molar-refractivity contribution in [3.63, 3.8) is 0 Å². The van der Waals surface area contributed by atoms with E-state index in [0.29, 0.717) is 5.56 Å². The second-order valence-electron chi connectivity index (χ2n) is 6.04. The molecule has 0 aliphatic rings. The molecule has 0 atom stereocenters. The van der Waals surface area contributed by atoms with E-state index < -0.39 is 27.9 Å². The Morgan fingerprint density at radius 2 is 1.61 bits per heavy atom. The molecule has 0 bridgehead atoms. The number of rotatable bonds is 7. The predicted molar refractivity (Wildman–Crippen MR) is 105 cm³/mol. The first-order valence-corrected chi connectivity index (χ1v) is 9.95. The molecule has 0 spiro atoms. The maximum Gasteiger partial charge on any atom is 1.00 e. The van der Waals surface area contributed by atoms with Crippen LogP contribution in [-0.2, 0) is 24.4 Å². The molecular formula is C20H18NNaO8S. The number of carboxylic acids is 1. The van der Waals surface area contributed by atoms with Crippen molar-refractivity contribution < 1.29 is 66.9 Å². The van der Waals surface area contributed by atoms with Crippen molar-refractivity contribution in [2.45, 2.75) is 18.7 Å². The smallest absolute Gasteiger partial charge is 0.545 e. The molecule has 11 heteroatoms. The fourth-order valence-corrected chi connectivity index (χ4v) is 3.49. The Balaban J connectivity index is 0.00000480. The number of methoxy groups -OCH3 is 1. The maximum absolute atomic E-state index is 12.0. The zero-order chi connectivity index (χ0) is 22.5. The average Bonchev–Trinajstić information content (AvgIpc) is 2.65. The van der Waals surface area contributed by atoms with Crippen LogP contribution in [0.5, 0.6) is 11.5 Å². The molecule has 31 heavy (non-hydrogen) atoms. The number of hydrogen-bond donors (Lipinski definition) is 1. The van der Waals surface area contributed by atoms with Crippen molar-refractivity contribution in [1.82, 2.24) is 4.72 Å². The third kappa shape index (κ3) is 7.21. The van der Waals surface area contributed by atoms with Crippen LogP contribution in [0.3, 0.4) is 0 Å². The van der Waals surface area contributed by atoms with Gasteiger partial charge in [0.05, 0.1) is 18.0 Å². The van der Waals surface area contributed by atoms with Crippen LogP contribution in [0.15, 0.2) is 47.4 Å². The predicted octanol–water partition coefficient (Wildman–Crippen LogP) is -2.26. The summed E-state index contributed by atoms with van der Waals surface area (Å²) in [4.78, 5) is 33.6. The third-order valence-electron chi connectivity index (χ3n) is 3.73. The number of carboxylic acid groups (broad SMARTS) is 1. The van der Waals surface area contributed by atoms with Crippen molar-refractivity contribution in [1.29, 1.82) is 0 Å². The molecule has 2 rings (SSSR count).